The molecule has 19 heavy (non-hydrogen) atoms. The summed E-state index contributed by atoms with van der Waals surface area (Å²) in [5.41, 5.74) is 6.98. The Balaban J connectivity index is 2.78. The summed E-state index contributed by atoms with van der Waals surface area (Å²) in [4.78, 5) is 2.24. The molecule has 0 fully saturated rings. The van der Waals surface area contributed by atoms with Gasteiger partial charge >= 0.3 is 0 Å². The van der Waals surface area contributed by atoms with Crippen molar-refractivity contribution in [3.63, 3.8) is 0 Å². The van der Waals surface area contributed by atoms with E-state index in [2.05, 4.69) is 37.9 Å². The fourth-order valence-corrected chi connectivity index (χ4v) is 2.07. The van der Waals surface area contributed by atoms with Crippen LogP contribution >= 0.6 is 0 Å². The number of benzene rings is 1. The minimum Gasteiger partial charge on any atom is -0.497 e. The molecule has 0 radical (unpaired) electrons. The van der Waals surface area contributed by atoms with Gasteiger partial charge in [0.15, 0.2) is 0 Å². The Hall–Kier alpha value is -1.10. The van der Waals surface area contributed by atoms with Gasteiger partial charge in [0.25, 0.3) is 0 Å². The highest BCUT2D eigenvalue weighted by molar-refractivity contribution is 5.27. The molecule has 108 valence electrons. The number of rotatable bonds is 7. The van der Waals surface area contributed by atoms with Crippen molar-refractivity contribution in [3.05, 3.63) is 29.8 Å². The van der Waals surface area contributed by atoms with Gasteiger partial charge in [-0.15, -0.1) is 0 Å². The van der Waals surface area contributed by atoms with Gasteiger partial charge in [-0.2, -0.15) is 0 Å². The summed E-state index contributed by atoms with van der Waals surface area (Å²) in [6, 6.07) is 8.10. The Morgan fingerprint density at radius 1 is 1.26 bits per heavy atom. The molecule has 2 atom stereocenters. The predicted octanol–water partition coefficient (Wildman–Crippen LogP) is 1.88. The smallest absolute Gasteiger partial charge is 0.118 e. The molecule has 0 aliphatic heterocycles. The van der Waals surface area contributed by atoms with Gasteiger partial charge in [-0.25, -0.2) is 0 Å². The summed E-state index contributed by atoms with van der Waals surface area (Å²) >= 11 is 0. The average Bonchev–Trinajstić information content (AvgIpc) is 2.46. The van der Waals surface area contributed by atoms with Gasteiger partial charge in [-0.05, 0) is 38.6 Å². The van der Waals surface area contributed by atoms with E-state index in [4.69, 9.17) is 15.2 Å². The van der Waals surface area contributed by atoms with Crippen LogP contribution in [0.5, 0.6) is 5.75 Å². The third-order valence-corrected chi connectivity index (χ3v) is 4.09. The lowest BCUT2D eigenvalue weighted by Crippen LogP contribution is -2.57. The number of ether oxygens (including phenoxy) is 2. The highest BCUT2D eigenvalue weighted by Crippen LogP contribution is 2.22. The maximum Gasteiger partial charge on any atom is 0.118 e. The molecule has 0 saturated heterocycles. The first-order valence-electron chi connectivity index (χ1n) is 6.55. The molecule has 0 heterocycles. The SMILES string of the molecule is COc1ccc(CN(C)C(C)(CN)C(C)OC)cc1. The molecule has 0 aliphatic carbocycles. The molecule has 1 rings (SSSR count). The summed E-state index contributed by atoms with van der Waals surface area (Å²) in [6.45, 7) is 5.56. The zero-order chi connectivity index (χ0) is 14.5. The molecule has 4 heteroatoms. The normalized spacial score (nSPS) is 16.2. The molecule has 0 amide bonds. The molecule has 2 unspecified atom stereocenters. The maximum atomic E-state index is 5.94. The predicted molar refractivity (Wildman–Crippen MR) is 78.4 cm³/mol. The Labute approximate surface area is 116 Å². The fourth-order valence-electron chi connectivity index (χ4n) is 2.07. The molecule has 0 bridgehead atoms. The zero-order valence-electron chi connectivity index (χ0n) is 12.6. The van der Waals surface area contributed by atoms with E-state index >= 15 is 0 Å². The van der Waals surface area contributed by atoms with Crippen LogP contribution in [-0.2, 0) is 11.3 Å². The monoisotopic (exact) mass is 266 g/mol. The number of hydrogen-bond acceptors (Lipinski definition) is 4. The highest BCUT2D eigenvalue weighted by Gasteiger charge is 2.34. The standard InChI is InChI=1S/C15H26N2O2/c1-12(18-4)15(2,11-16)17(3)10-13-6-8-14(19-5)9-7-13/h6-9,12H,10-11,16H2,1-5H3. The molecular formula is C15H26N2O2. The minimum atomic E-state index is -0.186. The third kappa shape index (κ3) is 3.69. The lowest BCUT2D eigenvalue weighted by Gasteiger charge is -2.42. The second-order valence-corrected chi connectivity index (χ2v) is 5.14. The molecule has 0 aromatic heterocycles. The van der Waals surface area contributed by atoms with Gasteiger partial charge in [0.2, 0.25) is 0 Å². The molecule has 0 aliphatic rings. The largest absolute Gasteiger partial charge is 0.497 e. The van der Waals surface area contributed by atoms with E-state index in [1.807, 2.05) is 12.1 Å². The van der Waals surface area contributed by atoms with Gasteiger partial charge in [-0.1, -0.05) is 12.1 Å². The van der Waals surface area contributed by atoms with Crippen LogP contribution in [0, 0.1) is 0 Å². The molecule has 0 spiro atoms. The second kappa shape index (κ2) is 6.89. The lowest BCUT2D eigenvalue weighted by molar-refractivity contribution is -0.0230. The summed E-state index contributed by atoms with van der Waals surface area (Å²) < 4.78 is 10.6. The number of methoxy groups -OCH3 is 2. The van der Waals surface area contributed by atoms with E-state index in [0.717, 1.165) is 12.3 Å². The summed E-state index contributed by atoms with van der Waals surface area (Å²) in [5.74, 6) is 0.873. The Kier molecular flexibility index (Phi) is 5.79. The van der Waals surface area contributed by atoms with Crippen LogP contribution in [0.4, 0.5) is 0 Å². The van der Waals surface area contributed by atoms with E-state index in [1.54, 1.807) is 14.2 Å². The Morgan fingerprint density at radius 2 is 1.84 bits per heavy atom. The van der Waals surface area contributed by atoms with E-state index < -0.39 is 0 Å². The van der Waals surface area contributed by atoms with Crippen LogP contribution in [-0.4, -0.2) is 44.4 Å². The third-order valence-electron chi connectivity index (χ3n) is 4.09. The van der Waals surface area contributed by atoms with E-state index in [0.29, 0.717) is 6.54 Å². The van der Waals surface area contributed by atoms with E-state index in [1.165, 1.54) is 5.56 Å². The quantitative estimate of drug-likeness (QED) is 0.818. The lowest BCUT2D eigenvalue weighted by atomic mass is 9.93. The van der Waals surface area contributed by atoms with Crippen molar-refractivity contribution in [2.45, 2.75) is 32.0 Å². The van der Waals surface area contributed by atoms with Crippen LogP contribution < -0.4 is 10.5 Å². The van der Waals surface area contributed by atoms with Gasteiger partial charge in [0.1, 0.15) is 5.75 Å². The van der Waals surface area contributed by atoms with Crippen molar-refractivity contribution in [1.29, 1.82) is 0 Å². The van der Waals surface area contributed by atoms with Crippen LogP contribution in [0.2, 0.25) is 0 Å². The Morgan fingerprint density at radius 3 is 2.26 bits per heavy atom. The number of likely N-dealkylation sites (N-methyl/N-ethyl adjacent to an activating group) is 1. The summed E-state index contributed by atoms with van der Waals surface area (Å²) in [7, 11) is 5.47. The number of hydrogen-bond donors (Lipinski definition) is 1. The van der Waals surface area contributed by atoms with Crippen LogP contribution in [0.15, 0.2) is 24.3 Å². The first-order chi connectivity index (χ1) is 8.97. The van der Waals surface area contributed by atoms with Gasteiger partial charge < -0.3 is 15.2 Å². The zero-order valence-corrected chi connectivity index (χ0v) is 12.6. The van der Waals surface area contributed by atoms with Crippen LogP contribution in [0.1, 0.15) is 19.4 Å². The molecular weight excluding hydrogens is 240 g/mol. The van der Waals surface area contributed by atoms with Crippen molar-refractivity contribution < 1.29 is 9.47 Å². The second-order valence-electron chi connectivity index (χ2n) is 5.14. The average molecular weight is 266 g/mol. The van der Waals surface area contributed by atoms with Gasteiger partial charge in [0.05, 0.1) is 18.8 Å². The first-order valence-corrected chi connectivity index (χ1v) is 6.55. The van der Waals surface area contributed by atoms with Crippen molar-refractivity contribution in [2.75, 3.05) is 27.8 Å². The van der Waals surface area contributed by atoms with Gasteiger partial charge in [0, 0.05) is 20.2 Å². The molecule has 0 saturated carbocycles. The number of nitrogens with two attached hydrogens (primary N) is 1. The molecule has 2 N–H and O–H groups in total. The minimum absolute atomic E-state index is 0.0701. The molecule has 1 aromatic rings. The summed E-state index contributed by atoms with van der Waals surface area (Å²) in [5, 5.41) is 0. The number of nitrogens with zero attached hydrogens (tertiary/aromatic N) is 1. The topological polar surface area (TPSA) is 47.7 Å². The Bertz CT molecular complexity index is 380. The molecule has 4 nitrogen and oxygen atoms in total. The van der Waals surface area contributed by atoms with Crippen molar-refractivity contribution in [3.8, 4) is 5.75 Å². The van der Waals surface area contributed by atoms with Crippen molar-refractivity contribution in [1.82, 2.24) is 4.90 Å². The van der Waals surface area contributed by atoms with Crippen molar-refractivity contribution in [2.24, 2.45) is 5.73 Å². The van der Waals surface area contributed by atoms with E-state index in [9.17, 15) is 0 Å². The maximum absolute atomic E-state index is 5.94. The first kappa shape index (κ1) is 16.0. The van der Waals surface area contributed by atoms with E-state index in [-0.39, 0.29) is 11.6 Å². The fraction of sp³-hybridized carbons (Fsp3) is 0.600. The highest BCUT2D eigenvalue weighted by atomic mass is 16.5. The van der Waals surface area contributed by atoms with Crippen molar-refractivity contribution >= 4 is 0 Å². The van der Waals surface area contributed by atoms with Crippen LogP contribution in [0.25, 0.3) is 0 Å². The molecule has 1 aromatic carbocycles. The summed E-state index contributed by atoms with van der Waals surface area (Å²) in [6.07, 6.45) is 0.0701. The van der Waals surface area contributed by atoms with Crippen LogP contribution in [0.3, 0.4) is 0 Å². The van der Waals surface area contributed by atoms with Gasteiger partial charge in [-0.3, -0.25) is 4.90 Å².